The monoisotopic (exact) mass is 451 g/mol. The molecule has 1 aromatic carbocycles. The molecule has 2 aromatic rings. The van der Waals surface area contributed by atoms with Crippen molar-refractivity contribution in [3.05, 3.63) is 59.4 Å². The van der Waals surface area contributed by atoms with Crippen LogP contribution in [0.3, 0.4) is 0 Å². The molecule has 0 aliphatic carbocycles. The molecule has 1 aliphatic heterocycles. The van der Waals surface area contributed by atoms with Crippen molar-refractivity contribution in [2.75, 3.05) is 24.5 Å². The number of carboxylic acid groups (broad SMARTS) is 1. The zero-order valence-corrected chi connectivity index (χ0v) is 20.0. The Morgan fingerprint density at radius 2 is 1.73 bits per heavy atom. The number of carbonyl (C=O) groups excluding carboxylic acids is 1. The fourth-order valence-corrected chi connectivity index (χ4v) is 4.61. The molecule has 0 atom stereocenters. The normalized spacial score (nSPS) is 16.0. The number of anilines is 1. The maximum Gasteiger partial charge on any atom is 0.335 e. The molecular weight excluding hydrogens is 414 g/mol. The summed E-state index contributed by atoms with van der Waals surface area (Å²) in [7, 11) is 0. The summed E-state index contributed by atoms with van der Waals surface area (Å²) in [5.41, 5.74) is 2.52. The van der Waals surface area contributed by atoms with Crippen LogP contribution in [0, 0.1) is 5.92 Å². The van der Waals surface area contributed by atoms with Crippen LogP contribution < -0.4 is 4.90 Å². The first-order chi connectivity index (χ1) is 16.0. The van der Waals surface area contributed by atoms with Crippen molar-refractivity contribution in [2.45, 2.75) is 65.3 Å². The van der Waals surface area contributed by atoms with Gasteiger partial charge in [0.05, 0.1) is 11.1 Å². The van der Waals surface area contributed by atoms with Crippen LogP contribution >= 0.6 is 0 Å². The molecule has 0 radical (unpaired) electrons. The van der Waals surface area contributed by atoms with Gasteiger partial charge in [0.25, 0.3) is 5.91 Å². The van der Waals surface area contributed by atoms with Crippen molar-refractivity contribution in [2.24, 2.45) is 5.92 Å². The lowest BCUT2D eigenvalue weighted by atomic mass is 10.0. The second kappa shape index (κ2) is 12.5. The molecule has 0 unspecified atom stereocenters. The highest BCUT2D eigenvalue weighted by Gasteiger charge is 2.23. The number of aromatic nitrogens is 1. The van der Waals surface area contributed by atoms with Crippen LogP contribution in [0.1, 0.15) is 85.1 Å². The molecule has 1 amide bonds. The van der Waals surface area contributed by atoms with Crippen LogP contribution in [-0.4, -0.2) is 46.5 Å². The molecule has 178 valence electrons. The summed E-state index contributed by atoms with van der Waals surface area (Å²) in [6.07, 6.45) is 11.0. The maximum absolute atomic E-state index is 13.5. The highest BCUT2D eigenvalue weighted by Crippen LogP contribution is 2.28. The minimum Gasteiger partial charge on any atom is -0.478 e. The molecule has 2 heterocycles. The Hall–Kier alpha value is -2.73. The zero-order chi connectivity index (χ0) is 23.6. The highest BCUT2D eigenvalue weighted by molar-refractivity contribution is 6.06. The molecule has 0 saturated carbocycles. The molecule has 1 aliphatic rings. The van der Waals surface area contributed by atoms with Gasteiger partial charge in [-0.15, -0.1) is 0 Å². The fourth-order valence-electron chi connectivity index (χ4n) is 4.61. The van der Waals surface area contributed by atoms with Crippen molar-refractivity contribution in [1.82, 2.24) is 9.88 Å². The average molecular weight is 452 g/mol. The predicted molar refractivity (Wildman–Crippen MR) is 132 cm³/mol. The number of carbonyl (C=O) groups is 2. The third kappa shape index (κ3) is 6.87. The van der Waals surface area contributed by atoms with Crippen LogP contribution in [0.5, 0.6) is 0 Å². The van der Waals surface area contributed by atoms with Gasteiger partial charge in [-0.1, -0.05) is 46.0 Å². The number of hydrogen-bond acceptors (Lipinski definition) is 4. The Bertz CT molecular complexity index is 912. The number of rotatable bonds is 6. The molecule has 1 N–H and O–H groups in total. The third-order valence-electron chi connectivity index (χ3n) is 6.69. The van der Waals surface area contributed by atoms with E-state index >= 15 is 0 Å². The van der Waals surface area contributed by atoms with E-state index in [4.69, 9.17) is 0 Å². The van der Waals surface area contributed by atoms with Crippen LogP contribution in [0.4, 0.5) is 5.69 Å². The van der Waals surface area contributed by atoms with E-state index in [1.165, 1.54) is 12.8 Å². The van der Waals surface area contributed by atoms with Crippen LogP contribution in [0.25, 0.3) is 0 Å². The molecular formula is C27H37N3O3. The maximum atomic E-state index is 13.5. The molecule has 3 rings (SSSR count). The standard InChI is InChI=1S/C27H37N3O3/c1-3-21(4-2)19-29-15-8-6-5-7-9-16-30(26(31)23-11-10-14-28-18-23)25-13-12-22(27(32)33)17-24(25)20-29/h10-14,17-18,21H,3-9,15-16,19-20H2,1-2H3,(H,32,33). The van der Waals surface area contributed by atoms with E-state index in [9.17, 15) is 14.7 Å². The van der Waals surface area contributed by atoms with Gasteiger partial charge in [-0.05, 0) is 61.2 Å². The molecule has 1 aromatic heterocycles. The van der Waals surface area contributed by atoms with Crippen molar-refractivity contribution in [3.63, 3.8) is 0 Å². The summed E-state index contributed by atoms with van der Waals surface area (Å²) in [4.78, 5) is 33.7. The number of nitrogens with zero attached hydrogens (tertiary/aromatic N) is 3. The third-order valence-corrected chi connectivity index (χ3v) is 6.69. The number of carboxylic acids is 1. The quantitative estimate of drug-likeness (QED) is 0.616. The Kier molecular flexibility index (Phi) is 9.43. The second-order valence-corrected chi connectivity index (χ2v) is 9.03. The highest BCUT2D eigenvalue weighted by atomic mass is 16.4. The molecule has 0 bridgehead atoms. The van der Waals surface area contributed by atoms with Crippen LogP contribution in [0.15, 0.2) is 42.7 Å². The van der Waals surface area contributed by atoms with Crippen LogP contribution in [0.2, 0.25) is 0 Å². The molecule has 6 heteroatoms. The summed E-state index contributed by atoms with van der Waals surface area (Å²) in [5, 5.41) is 9.63. The SMILES string of the molecule is CCC(CC)CN1CCCCCCCN(C(=O)c2cccnc2)c2ccc(C(=O)O)cc2C1. The molecule has 0 spiro atoms. The van der Waals surface area contributed by atoms with Gasteiger partial charge in [-0.3, -0.25) is 14.7 Å². The first-order valence-electron chi connectivity index (χ1n) is 12.3. The van der Waals surface area contributed by atoms with E-state index in [0.29, 0.717) is 24.6 Å². The van der Waals surface area contributed by atoms with Crippen molar-refractivity contribution >= 4 is 17.6 Å². The fraction of sp³-hybridized carbons (Fsp3) is 0.519. The molecule has 6 nitrogen and oxygen atoms in total. The summed E-state index contributed by atoms with van der Waals surface area (Å²) >= 11 is 0. The van der Waals surface area contributed by atoms with Gasteiger partial charge < -0.3 is 10.0 Å². The van der Waals surface area contributed by atoms with E-state index in [0.717, 1.165) is 56.4 Å². The molecule has 0 fully saturated rings. The van der Waals surface area contributed by atoms with Crippen molar-refractivity contribution in [1.29, 1.82) is 0 Å². The smallest absolute Gasteiger partial charge is 0.335 e. The molecule has 0 saturated heterocycles. The van der Waals surface area contributed by atoms with E-state index < -0.39 is 5.97 Å². The van der Waals surface area contributed by atoms with E-state index in [2.05, 4.69) is 23.7 Å². The summed E-state index contributed by atoms with van der Waals surface area (Å²) < 4.78 is 0. The Morgan fingerprint density at radius 3 is 2.39 bits per heavy atom. The number of benzene rings is 1. The first-order valence-corrected chi connectivity index (χ1v) is 12.3. The predicted octanol–water partition coefficient (Wildman–Crippen LogP) is 5.63. The topological polar surface area (TPSA) is 73.7 Å². The lowest BCUT2D eigenvalue weighted by Gasteiger charge is -2.31. The lowest BCUT2D eigenvalue weighted by molar-refractivity contribution is 0.0696. The zero-order valence-electron chi connectivity index (χ0n) is 20.0. The minimum atomic E-state index is -0.944. The second-order valence-electron chi connectivity index (χ2n) is 9.03. The van der Waals surface area contributed by atoms with Gasteiger partial charge in [-0.25, -0.2) is 4.79 Å². The summed E-state index contributed by atoms with van der Waals surface area (Å²) in [5.74, 6) is -0.422. The van der Waals surface area contributed by atoms with Crippen LogP contribution in [-0.2, 0) is 6.54 Å². The first kappa shape index (κ1) is 24.9. The Balaban J connectivity index is 2.02. The van der Waals surface area contributed by atoms with Gasteiger partial charge in [-0.2, -0.15) is 0 Å². The number of amides is 1. The van der Waals surface area contributed by atoms with Gasteiger partial charge in [0.15, 0.2) is 0 Å². The largest absolute Gasteiger partial charge is 0.478 e. The van der Waals surface area contributed by atoms with E-state index in [1.807, 2.05) is 11.0 Å². The van der Waals surface area contributed by atoms with E-state index in [-0.39, 0.29) is 11.5 Å². The van der Waals surface area contributed by atoms with Gasteiger partial charge in [0, 0.05) is 37.7 Å². The Morgan fingerprint density at radius 1 is 1.00 bits per heavy atom. The van der Waals surface area contributed by atoms with E-state index in [1.54, 1.807) is 36.7 Å². The number of aromatic carboxylic acids is 1. The average Bonchev–Trinajstić information content (AvgIpc) is 2.83. The number of hydrogen-bond donors (Lipinski definition) is 1. The lowest BCUT2D eigenvalue weighted by Crippen LogP contribution is -2.35. The van der Waals surface area contributed by atoms with Crippen molar-refractivity contribution < 1.29 is 14.7 Å². The van der Waals surface area contributed by atoms with Gasteiger partial charge in [0.1, 0.15) is 0 Å². The molecule has 33 heavy (non-hydrogen) atoms. The van der Waals surface area contributed by atoms with Gasteiger partial charge in [0.2, 0.25) is 0 Å². The van der Waals surface area contributed by atoms with Crippen molar-refractivity contribution in [3.8, 4) is 0 Å². The summed E-state index contributed by atoms with van der Waals surface area (Å²) in [6, 6.07) is 8.74. The number of fused-ring (bicyclic) bond motifs is 1. The minimum absolute atomic E-state index is 0.0870. The number of pyridine rings is 1. The Labute approximate surface area is 197 Å². The van der Waals surface area contributed by atoms with Gasteiger partial charge >= 0.3 is 5.97 Å². The summed E-state index contributed by atoms with van der Waals surface area (Å²) in [6.45, 7) is 7.69.